The molecule has 2 aliphatic heterocycles. The maximum absolute atomic E-state index is 12.1. The molecule has 3 N–H and O–H groups in total. The van der Waals surface area contributed by atoms with E-state index in [0.717, 1.165) is 24.2 Å². The van der Waals surface area contributed by atoms with E-state index in [0.29, 0.717) is 18.7 Å². The number of β-amino-alcohol motifs (C(OH)–C–C–N with tert-alkyl or cyclic N) is 1. The van der Waals surface area contributed by atoms with Crippen LogP contribution in [-0.4, -0.2) is 41.1 Å². The molecule has 0 saturated carbocycles. The predicted octanol–water partition coefficient (Wildman–Crippen LogP) is 0.531. The molecule has 3 rings (SSSR count). The smallest absolute Gasteiger partial charge is 0.242 e. The van der Waals surface area contributed by atoms with Gasteiger partial charge in [0.2, 0.25) is 5.91 Å². The van der Waals surface area contributed by atoms with Crippen molar-refractivity contribution in [3.05, 3.63) is 23.8 Å². The number of aliphatic hydroxyl groups is 1. The molecule has 5 heteroatoms. The zero-order valence-corrected chi connectivity index (χ0v) is 10.0. The second kappa shape index (κ2) is 4.26. The fourth-order valence-electron chi connectivity index (χ4n) is 2.77. The summed E-state index contributed by atoms with van der Waals surface area (Å²) >= 11 is 0. The zero-order chi connectivity index (χ0) is 12.7. The average molecular weight is 246 g/mol. The minimum absolute atomic E-state index is 0.0257. The summed E-state index contributed by atoms with van der Waals surface area (Å²) < 4.78 is 0. The van der Waals surface area contributed by atoms with Gasteiger partial charge in [0.15, 0.2) is 0 Å². The minimum atomic E-state index is -0.328. The summed E-state index contributed by atoms with van der Waals surface area (Å²) in [6, 6.07) is 5.11. The lowest BCUT2D eigenvalue weighted by molar-refractivity contribution is -0.121. The lowest BCUT2D eigenvalue weighted by Crippen LogP contribution is -2.47. The molecule has 1 saturated heterocycles. The molecule has 0 aliphatic carbocycles. The molecule has 2 heterocycles. The Labute approximate surface area is 106 Å². The SMILES string of the molecule is [NH]c1cccc2c1CC(N1CC[C@H](O)C1)C(=O)N2. The number of fused-ring (bicyclic) bond motifs is 1. The summed E-state index contributed by atoms with van der Waals surface area (Å²) in [7, 11) is 0. The third-order valence-corrected chi connectivity index (χ3v) is 3.77. The molecule has 1 aromatic carbocycles. The zero-order valence-electron chi connectivity index (χ0n) is 10.0. The van der Waals surface area contributed by atoms with Crippen LogP contribution in [0.25, 0.3) is 0 Å². The molecule has 1 fully saturated rings. The van der Waals surface area contributed by atoms with E-state index in [1.807, 2.05) is 11.0 Å². The van der Waals surface area contributed by atoms with Crippen LogP contribution >= 0.6 is 0 Å². The van der Waals surface area contributed by atoms with Gasteiger partial charge in [0.1, 0.15) is 0 Å². The standard InChI is InChI=1S/C13H16N3O2/c14-10-2-1-3-11-9(10)6-12(13(18)15-11)16-5-4-8(17)7-16/h1-3,8,12,14,17H,4-7H2,(H,15,18)/t8-,12?/m0/s1. The van der Waals surface area contributed by atoms with Crippen molar-refractivity contribution in [1.29, 1.82) is 0 Å². The summed E-state index contributed by atoms with van der Waals surface area (Å²) in [5.74, 6) is -0.0257. The Morgan fingerprint density at radius 3 is 3.00 bits per heavy atom. The van der Waals surface area contributed by atoms with Gasteiger partial charge >= 0.3 is 0 Å². The normalized spacial score (nSPS) is 27.9. The molecule has 2 atom stereocenters. The Morgan fingerprint density at radius 2 is 2.28 bits per heavy atom. The van der Waals surface area contributed by atoms with Crippen molar-refractivity contribution < 1.29 is 9.90 Å². The lowest BCUT2D eigenvalue weighted by atomic mass is 9.96. The van der Waals surface area contributed by atoms with E-state index in [4.69, 9.17) is 5.73 Å². The van der Waals surface area contributed by atoms with Gasteiger partial charge in [-0.2, -0.15) is 0 Å². The molecule has 1 amide bonds. The van der Waals surface area contributed by atoms with Crippen molar-refractivity contribution in [3.63, 3.8) is 0 Å². The minimum Gasteiger partial charge on any atom is -0.392 e. The molecule has 2 aliphatic rings. The van der Waals surface area contributed by atoms with E-state index in [9.17, 15) is 9.90 Å². The van der Waals surface area contributed by atoms with Crippen LogP contribution in [0.5, 0.6) is 0 Å². The number of hydrogen-bond acceptors (Lipinski definition) is 3. The van der Waals surface area contributed by atoms with E-state index in [2.05, 4.69) is 5.32 Å². The van der Waals surface area contributed by atoms with Crippen LogP contribution in [0.15, 0.2) is 18.2 Å². The first-order chi connectivity index (χ1) is 8.65. The number of hydrogen-bond donors (Lipinski definition) is 2. The highest BCUT2D eigenvalue weighted by molar-refractivity contribution is 5.99. The fraction of sp³-hybridized carbons (Fsp3) is 0.462. The van der Waals surface area contributed by atoms with E-state index in [-0.39, 0.29) is 18.1 Å². The summed E-state index contributed by atoms with van der Waals surface area (Å²) in [6.07, 6.45) is 0.956. The molecule has 5 nitrogen and oxygen atoms in total. The summed E-state index contributed by atoms with van der Waals surface area (Å²) in [5.41, 5.74) is 10.0. The number of amides is 1. The molecule has 1 aromatic rings. The Hall–Kier alpha value is -1.59. The fourth-order valence-corrected chi connectivity index (χ4v) is 2.77. The number of rotatable bonds is 1. The van der Waals surface area contributed by atoms with Crippen LogP contribution in [0.3, 0.4) is 0 Å². The van der Waals surface area contributed by atoms with Gasteiger partial charge in [-0.05, 0) is 18.6 Å². The van der Waals surface area contributed by atoms with E-state index in [1.54, 1.807) is 12.1 Å². The van der Waals surface area contributed by atoms with Gasteiger partial charge < -0.3 is 16.2 Å². The van der Waals surface area contributed by atoms with Gasteiger partial charge in [-0.1, -0.05) is 6.07 Å². The first kappa shape index (κ1) is 11.5. The number of carbonyl (C=O) groups excluding carboxylic acids is 1. The number of benzene rings is 1. The Kier molecular flexibility index (Phi) is 2.72. The topological polar surface area (TPSA) is 76.4 Å². The van der Waals surface area contributed by atoms with Crippen molar-refractivity contribution in [2.45, 2.75) is 25.0 Å². The highest BCUT2D eigenvalue weighted by Gasteiger charge is 2.35. The highest BCUT2D eigenvalue weighted by atomic mass is 16.3. The highest BCUT2D eigenvalue weighted by Crippen LogP contribution is 2.31. The third kappa shape index (κ3) is 1.85. The largest absolute Gasteiger partial charge is 0.392 e. The Bertz CT molecular complexity index is 489. The molecule has 0 spiro atoms. The van der Waals surface area contributed by atoms with E-state index in [1.165, 1.54) is 0 Å². The number of likely N-dealkylation sites (tertiary alicyclic amines) is 1. The Morgan fingerprint density at radius 1 is 1.44 bits per heavy atom. The second-order valence-corrected chi connectivity index (χ2v) is 4.98. The number of carbonyl (C=O) groups is 1. The number of aliphatic hydroxyl groups excluding tert-OH is 1. The first-order valence-electron chi connectivity index (χ1n) is 6.21. The molecule has 95 valence electrons. The van der Waals surface area contributed by atoms with Crippen molar-refractivity contribution in [2.24, 2.45) is 0 Å². The molecule has 0 aromatic heterocycles. The van der Waals surface area contributed by atoms with Crippen LogP contribution in [0.2, 0.25) is 0 Å². The Balaban J connectivity index is 1.87. The monoisotopic (exact) mass is 246 g/mol. The van der Waals surface area contributed by atoms with Crippen molar-refractivity contribution in [1.82, 2.24) is 10.6 Å². The number of anilines is 1. The molecule has 1 radical (unpaired) electrons. The van der Waals surface area contributed by atoms with Crippen molar-refractivity contribution >= 4 is 17.3 Å². The summed E-state index contributed by atoms with van der Waals surface area (Å²) in [5, 5.41) is 12.4. The average Bonchev–Trinajstić information content (AvgIpc) is 2.75. The van der Waals surface area contributed by atoms with Crippen molar-refractivity contribution in [3.8, 4) is 0 Å². The van der Waals surface area contributed by atoms with Crippen LogP contribution in [-0.2, 0) is 11.2 Å². The molecule has 0 bridgehead atoms. The van der Waals surface area contributed by atoms with Crippen LogP contribution in [0.1, 0.15) is 12.0 Å². The molecule has 1 unspecified atom stereocenters. The van der Waals surface area contributed by atoms with Crippen molar-refractivity contribution in [2.75, 3.05) is 18.4 Å². The van der Waals surface area contributed by atoms with Gasteiger partial charge in [0.05, 0.1) is 17.8 Å². The summed E-state index contributed by atoms with van der Waals surface area (Å²) in [4.78, 5) is 14.1. The first-order valence-corrected chi connectivity index (χ1v) is 6.21. The van der Waals surface area contributed by atoms with Gasteiger partial charge in [-0.15, -0.1) is 0 Å². The molecule has 18 heavy (non-hydrogen) atoms. The second-order valence-electron chi connectivity index (χ2n) is 4.98. The predicted molar refractivity (Wildman–Crippen MR) is 67.5 cm³/mol. The number of nitrogens with one attached hydrogen (secondary N) is 2. The van der Waals surface area contributed by atoms with Crippen LogP contribution in [0.4, 0.5) is 11.4 Å². The van der Waals surface area contributed by atoms with Gasteiger partial charge in [0, 0.05) is 30.8 Å². The third-order valence-electron chi connectivity index (χ3n) is 3.77. The van der Waals surface area contributed by atoms with E-state index >= 15 is 0 Å². The molecular formula is C13H16N3O2. The van der Waals surface area contributed by atoms with E-state index < -0.39 is 0 Å². The van der Waals surface area contributed by atoms with Crippen LogP contribution in [0, 0.1) is 0 Å². The van der Waals surface area contributed by atoms with Gasteiger partial charge in [-0.25, -0.2) is 0 Å². The van der Waals surface area contributed by atoms with Gasteiger partial charge in [-0.3, -0.25) is 9.69 Å². The number of nitrogens with zero attached hydrogens (tertiary/aromatic N) is 1. The maximum Gasteiger partial charge on any atom is 0.242 e. The van der Waals surface area contributed by atoms with Gasteiger partial charge in [0.25, 0.3) is 0 Å². The summed E-state index contributed by atoms with van der Waals surface area (Å²) in [6.45, 7) is 1.29. The maximum atomic E-state index is 12.1. The lowest BCUT2D eigenvalue weighted by Gasteiger charge is -2.31. The molecular weight excluding hydrogens is 230 g/mol. The van der Waals surface area contributed by atoms with Crippen LogP contribution < -0.4 is 11.1 Å². The quantitative estimate of drug-likeness (QED) is 0.759.